The summed E-state index contributed by atoms with van der Waals surface area (Å²) in [7, 11) is 0. The van der Waals surface area contributed by atoms with E-state index in [0.29, 0.717) is 0 Å². The van der Waals surface area contributed by atoms with Crippen LogP contribution in [0.2, 0.25) is 10.8 Å². The van der Waals surface area contributed by atoms with Crippen LogP contribution in [0.3, 0.4) is 0 Å². The van der Waals surface area contributed by atoms with Crippen LogP contribution in [-0.4, -0.2) is 4.70 Å². The van der Waals surface area contributed by atoms with Gasteiger partial charge in [-0.1, -0.05) is 354 Å². The van der Waals surface area contributed by atoms with Crippen LogP contribution in [0.1, 0.15) is 538 Å². The molecule has 1 aliphatic rings. The first-order valence-electron chi connectivity index (χ1n) is 49.6. The van der Waals surface area contributed by atoms with E-state index in [9.17, 15) is 5.53 Å². The van der Waals surface area contributed by atoms with Crippen molar-refractivity contribution in [1.82, 2.24) is 0 Å². The Morgan fingerprint density at radius 2 is 0.505 bits per heavy atom. The maximum atomic E-state index is 13.1. The second-order valence-electron chi connectivity index (χ2n) is 34.2. The van der Waals surface area contributed by atoms with E-state index in [0.717, 1.165) is 75.6 Å². The first-order chi connectivity index (χ1) is 53.9. The number of hydrogen-bond acceptors (Lipinski definition) is 0. The van der Waals surface area contributed by atoms with Gasteiger partial charge < -0.3 is 5.53 Å². The fourth-order valence-electron chi connectivity index (χ4n) is 16.3. The van der Waals surface area contributed by atoms with Crippen LogP contribution >= 0.6 is 0 Å². The quantitative estimate of drug-likeness (QED) is 0.0273. The second kappa shape index (κ2) is 80.4. The molecular formula is C106H188N2Ni. The predicted octanol–water partition coefficient (Wildman–Crippen LogP) is 38.1. The number of allylic oxidation sites excluding steroid dienone is 8. The summed E-state index contributed by atoms with van der Waals surface area (Å²) < 4.78 is 1.69. The molecule has 0 bridgehead atoms. The summed E-state index contributed by atoms with van der Waals surface area (Å²) in [5.74, 6) is 0. The van der Waals surface area contributed by atoms with Gasteiger partial charge in [-0.3, -0.25) is 0 Å². The normalized spacial score (nSPS) is 12.7. The van der Waals surface area contributed by atoms with Crippen molar-refractivity contribution in [3.05, 3.63) is 123 Å². The zero-order valence-electron chi connectivity index (χ0n) is 74.9. The van der Waals surface area contributed by atoms with Crippen LogP contribution < -0.4 is 0 Å². The Morgan fingerprint density at radius 3 is 0.817 bits per heavy atom. The van der Waals surface area contributed by atoms with Gasteiger partial charge in [0.2, 0.25) is 11.4 Å². The standard InChI is InChI=1S/C76H126N2.2C15H31.Ni/c1-7-13-19-22-24-26-28-30-32-34-36-38-40-42-44-46-48-50-52-57-69-63-61-67(55-16-10-4)65-73(69)75-71(59-18-12-6)72(60-54-21-15-9-3)76(78(75)77)74-66-68(56-17-11-5)62-64-70(74)58-53-51-49-47-45-43-41-39-37-35-33-31-29-27-25-23-20-14-8-2;2*1-3-5-7-9-11-13-15-14-12-10-8-6-4-2;/h48-51,54,60-66H,7-47,52-53,55-59H2,1-6H3;2*1,3-15H2,2H3;. The fourth-order valence-corrected chi connectivity index (χ4v) is 17.5. The molecule has 0 fully saturated rings. The number of unbranched alkanes of at least 4 members (excludes halogenated alkanes) is 59. The van der Waals surface area contributed by atoms with Crippen LogP contribution in [0.15, 0.2) is 84.0 Å². The van der Waals surface area contributed by atoms with Crippen molar-refractivity contribution in [1.29, 1.82) is 0 Å². The van der Waals surface area contributed by atoms with Gasteiger partial charge >= 0.3 is 166 Å². The summed E-state index contributed by atoms with van der Waals surface area (Å²) in [5.41, 5.74) is 25.7. The molecule has 2 nitrogen and oxygen atoms in total. The Morgan fingerprint density at radius 1 is 0.248 bits per heavy atom. The molecule has 0 spiro atoms. The first-order valence-corrected chi connectivity index (χ1v) is 51.0. The van der Waals surface area contributed by atoms with E-state index >= 15 is 0 Å². The molecule has 0 radical (unpaired) electrons. The molecule has 0 amide bonds. The van der Waals surface area contributed by atoms with Crippen LogP contribution in [0, 0.1) is 0 Å². The molecule has 0 saturated heterocycles. The van der Waals surface area contributed by atoms with E-state index in [1.54, 1.807) is 4.70 Å². The summed E-state index contributed by atoms with van der Waals surface area (Å²) >= 11 is 2.04. The predicted molar refractivity (Wildman–Crippen MR) is 491 cm³/mol. The third-order valence-corrected chi connectivity index (χ3v) is 25.1. The molecule has 1 aliphatic heterocycles. The van der Waals surface area contributed by atoms with Gasteiger partial charge in [-0.05, 0) is 131 Å². The molecular weight excluding hydrogens is 1360 g/mol. The van der Waals surface area contributed by atoms with Crippen molar-refractivity contribution in [2.75, 3.05) is 0 Å². The molecule has 109 heavy (non-hydrogen) atoms. The van der Waals surface area contributed by atoms with Gasteiger partial charge in [-0.25, -0.2) is 4.70 Å². The van der Waals surface area contributed by atoms with E-state index in [-0.39, 0.29) is 0 Å². The molecule has 0 atom stereocenters. The first kappa shape index (κ1) is 102. The van der Waals surface area contributed by atoms with Gasteiger partial charge in [0.05, 0.1) is 11.1 Å². The average Bonchev–Trinajstić information content (AvgIpc) is 1.60. The number of aryl methyl sites for hydroxylation is 4. The van der Waals surface area contributed by atoms with E-state index in [1.807, 2.05) is 14.4 Å². The molecule has 2 aromatic carbocycles. The topological polar surface area (TPSA) is 25.3 Å². The SMILES string of the molecule is CCCCC=CC1=C(c2cc(CCCC)ccc2CCC=CCCCCCCCCCCCCCCCCC)[N+](=[N-])C(c2cc(CCCC)ccc2CCC=CCCCCCCCCCCCCCCCCC)=C1CCCC.CCCCCCCCCCCCCC[CH2][Ni][CH2]CCCCCCCCCCCCCC. The molecule has 0 aromatic heterocycles. The van der Waals surface area contributed by atoms with Gasteiger partial charge in [0.25, 0.3) is 0 Å². The van der Waals surface area contributed by atoms with Crippen LogP contribution in [-0.2, 0) is 40.1 Å². The van der Waals surface area contributed by atoms with E-state index in [4.69, 9.17) is 0 Å². The summed E-state index contributed by atoms with van der Waals surface area (Å²) in [5, 5.41) is 2.87. The average molecular weight is 1550 g/mol. The Kier molecular flexibility index (Phi) is 75.5. The van der Waals surface area contributed by atoms with E-state index in [2.05, 4.69) is 128 Å². The number of rotatable bonds is 81. The second-order valence-corrected chi connectivity index (χ2v) is 35.7. The molecule has 0 unspecified atom stereocenters. The minimum Gasteiger partial charge on any atom is -0.0654 e. The molecule has 0 saturated carbocycles. The van der Waals surface area contributed by atoms with Gasteiger partial charge in [-0.2, -0.15) is 0 Å². The molecule has 3 heteroatoms. The van der Waals surface area contributed by atoms with Crippen LogP contribution in [0.4, 0.5) is 0 Å². The van der Waals surface area contributed by atoms with Crippen molar-refractivity contribution < 1.29 is 19.1 Å². The summed E-state index contributed by atoms with van der Waals surface area (Å²) in [6.45, 7) is 18.4. The van der Waals surface area contributed by atoms with E-state index < -0.39 is 0 Å². The van der Waals surface area contributed by atoms with Crippen molar-refractivity contribution in [3.8, 4) is 0 Å². The summed E-state index contributed by atoms with van der Waals surface area (Å²) in [6.07, 6.45) is 115. The van der Waals surface area contributed by atoms with Gasteiger partial charge in [0, 0.05) is 11.1 Å². The van der Waals surface area contributed by atoms with E-state index in [1.165, 1.54) is 466 Å². The minimum absolute atomic E-state index is 0.963. The van der Waals surface area contributed by atoms with Gasteiger partial charge in [0.1, 0.15) is 0 Å². The third-order valence-electron chi connectivity index (χ3n) is 23.7. The number of benzene rings is 2. The van der Waals surface area contributed by atoms with Crippen molar-refractivity contribution >= 4 is 11.4 Å². The monoisotopic (exact) mass is 1550 g/mol. The van der Waals surface area contributed by atoms with Crippen LogP contribution in [0.25, 0.3) is 16.9 Å². The third kappa shape index (κ3) is 57.9. The summed E-state index contributed by atoms with van der Waals surface area (Å²) in [4.78, 5) is 0. The Labute approximate surface area is 690 Å². The Balaban J connectivity index is 0.00000109. The van der Waals surface area contributed by atoms with Crippen molar-refractivity contribution in [3.63, 3.8) is 0 Å². The maximum absolute atomic E-state index is 13.1. The molecule has 632 valence electrons. The zero-order valence-corrected chi connectivity index (χ0v) is 75.9. The number of hydrogen-bond donors (Lipinski definition) is 0. The summed E-state index contributed by atoms with van der Waals surface area (Å²) in [6, 6.07) is 14.5. The van der Waals surface area contributed by atoms with Crippen molar-refractivity contribution in [2.45, 2.75) is 541 Å². The molecule has 0 aliphatic carbocycles. The Hall–Kier alpha value is -2.77. The van der Waals surface area contributed by atoms with Crippen LogP contribution in [0.5, 0.6) is 0 Å². The van der Waals surface area contributed by atoms with Gasteiger partial charge in [0.15, 0.2) is 0 Å². The molecule has 0 N–H and O–H groups in total. The zero-order chi connectivity index (χ0) is 78.3. The van der Waals surface area contributed by atoms with Gasteiger partial charge in [-0.15, -0.1) is 0 Å². The fraction of sp³-hybridized carbons (Fsp3) is 0.792. The smallest absolute Gasteiger partial charge is 0.0654 e. The number of nitrogens with zero attached hydrogens (tertiary/aromatic N) is 2. The minimum atomic E-state index is 0.963. The molecule has 1 heterocycles. The Bertz CT molecular complexity index is 2440. The molecule has 2 aromatic rings. The van der Waals surface area contributed by atoms with Crippen molar-refractivity contribution in [2.24, 2.45) is 0 Å². The molecule has 3 rings (SSSR count).